The predicted molar refractivity (Wildman–Crippen MR) is 96.1 cm³/mol. The maximum atomic E-state index is 13.1. The molecule has 25 heavy (non-hydrogen) atoms. The van der Waals surface area contributed by atoms with Gasteiger partial charge in [0.2, 0.25) is 0 Å². The van der Waals surface area contributed by atoms with E-state index >= 15 is 0 Å². The monoisotopic (exact) mass is 381 g/mol. The molecule has 128 valence electrons. The summed E-state index contributed by atoms with van der Waals surface area (Å²) in [6.07, 6.45) is -4.42. The Kier molecular flexibility index (Phi) is 4.93. The largest absolute Gasteiger partial charge is 0.416 e. The standard InChI is InChI=1S/C19H12Cl2F3N/c20-14-4-8-16(9-5-14)25(17-10-6-15(21)7-11-17)18-3-1-2-13(12-18)19(22,23)24/h1-12H. The van der Waals surface area contributed by atoms with Gasteiger partial charge in [-0.25, -0.2) is 0 Å². The summed E-state index contributed by atoms with van der Waals surface area (Å²) in [5.74, 6) is 0. The lowest BCUT2D eigenvalue weighted by Gasteiger charge is -2.26. The van der Waals surface area contributed by atoms with Crippen LogP contribution in [0.15, 0.2) is 72.8 Å². The van der Waals surface area contributed by atoms with Crippen LogP contribution in [0.25, 0.3) is 0 Å². The van der Waals surface area contributed by atoms with Crippen molar-refractivity contribution < 1.29 is 13.2 Å². The van der Waals surface area contributed by atoms with Crippen LogP contribution >= 0.6 is 23.2 Å². The first-order valence-corrected chi connectivity index (χ1v) is 8.09. The third-order valence-electron chi connectivity index (χ3n) is 3.60. The van der Waals surface area contributed by atoms with Crippen LogP contribution in [0, 0.1) is 0 Å². The fourth-order valence-electron chi connectivity index (χ4n) is 2.45. The van der Waals surface area contributed by atoms with E-state index in [9.17, 15) is 13.2 Å². The first kappa shape index (κ1) is 17.6. The highest BCUT2D eigenvalue weighted by Gasteiger charge is 2.31. The van der Waals surface area contributed by atoms with Crippen LogP contribution in [0.2, 0.25) is 10.0 Å². The van der Waals surface area contributed by atoms with Gasteiger partial charge < -0.3 is 4.90 Å². The molecule has 0 amide bonds. The van der Waals surface area contributed by atoms with Gasteiger partial charge in [0.05, 0.1) is 5.56 Å². The Morgan fingerprint density at radius 2 is 1.12 bits per heavy atom. The number of hydrogen-bond acceptors (Lipinski definition) is 1. The van der Waals surface area contributed by atoms with Crippen LogP contribution in [0.4, 0.5) is 30.2 Å². The summed E-state index contributed by atoms with van der Waals surface area (Å²) in [4.78, 5) is 1.71. The fraction of sp³-hybridized carbons (Fsp3) is 0.0526. The minimum atomic E-state index is -4.42. The Labute approximate surface area is 153 Å². The Bertz CT molecular complexity index is 814. The third kappa shape index (κ3) is 4.09. The maximum absolute atomic E-state index is 13.1. The molecule has 0 atom stereocenters. The summed E-state index contributed by atoms with van der Waals surface area (Å²) in [7, 11) is 0. The van der Waals surface area contributed by atoms with Crippen LogP contribution in [-0.4, -0.2) is 0 Å². The van der Waals surface area contributed by atoms with Gasteiger partial charge in [0.15, 0.2) is 0 Å². The molecule has 0 fully saturated rings. The molecule has 0 aliphatic rings. The van der Waals surface area contributed by atoms with Crippen LogP contribution in [0.5, 0.6) is 0 Å². The summed E-state index contributed by atoms with van der Waals surface area (Å²) in [6, 6.07) is 18.9. The number of alkyl halides is 3. The van der Waals surface area contributed by atoms with E-state index in [4.69, 9.17) is 23.2 Å². The maximum Gasteiger partial charge on any atom is 0.416 e. The van der Waals surface area contributed by atoms with Gasteiger partial charge in [0, 0.05) is 27.1 Å². The van der Waals surface area contributed by atoms with Gasteiger partial charge in [-0.2, -0.15) is 13.2 Å². The van der Waals surface area contributed by atoms with E-state index in [1.165, 1.54) is 6.07 Å². The highest BCUT2D eigenvalue weighted by Crippen LogP contribution is 2.38. The molecule has 0 aliphatic heterocycles. The summed E-state index contributed by atoms with van der Waals surface area (Å²) < 4.78 is 39.3. The van der Waals surface area contributed by atoms with E-state index in [1.54, 1.807) is 59.5 Å². The zero-order chi connectivity index (χ0) is 18.0. The molecular formula is C19H12Cl2F3N. The summed E-state index contributed by atoms with van der Waals surface area (Å²) in [6.45, 7) is 0. The second-order valence-corrected chi connectivity index (χ2v) is 6.21. The van der Waals surface area contributed by atoms with Crippen molar-refractivity contribution in [3.8, 4) is 0 Å². The molecule has 3 rings (SSSR count). The molecule has 0 N–H and O–H groups in total. The van der Waals surface area contributed by atoms with Crippen LogP contribution in [-0.2, 0) is 6.18 Å². The molecule has 0 aromatic heterocycles. The van der Waals surface area contributed by atoms with Crippen molar-refractivity contribution in [3.05, 3.63) is 88.4 Å². The molecule has 0 saturated heterocycles. The molecule has 0 aliphatic carbocycles. The lowest BCUT2D eigenvalue weighted by Crippen LogP contribution is -2.12. The van der Waals surface area contributed by atoms with Gasteiger partial charge in [-0.1, -0.05) is 29.3 Å². The summed E-state index contributed by atoms with van der Waals surface area (Å²) >= 11 is 11.9. The molecule has 3 aromatic carbocycles. The zero-order valence-corrected chi connectivity index (χ0v) is 14.3. The van der Waals surface area contributed by atoms with Crippen molar-refractivity contribution in [2.75, 3.05) is 4.90 Å². The molecule has 0 spiro atoms. The molecule has 0 bridgehead atoms. The lowest BCUT2D eigenvalue weighted by molar-refractivity contribution is -0.137. The topological polar surface area (TPSA) is 3.24 Å². The fourth-order valence-corrected chi connectivity index (χ4v) is 2.70. The van der Waals surface area contributed by atoms with E-state index in [1.807, 2.05) is 0 Å². The normalized spacial score (nSPS) is 11.4. The highest BCUT2D eigenvalue weighted by molar-refractivity contribution is 6.31. The number of halogens is 5. The number of nitrogens with zero attached hydrogens (tertiary/aromatic N) is 1. The van der Waals surface area contributed by atoms with Gasteiger partial charge in [-0.05, 0) is 66.7 Å². The Balaban J connectivity index is 2.14. The molecule has 0 radical (unpaired) electrons. The Morgan fingerprint density at radius 1 is 0.640 bits per heavy atom. The molecule has 6 heteroatoms. The van der Waals surface area contributed by atoms with E-state index in [-0.39, 0.29) is 0 Å². The second kappa shape index (κ2) is 6.98. The SMILES string of the molecule is FC(F)(F)c1cccc(N(c2ccc(Cl)cc2)c2ccc(Cl)cc2)c1. The molecule has 0 heterocycles. The van der Waals surface area contributed by atoms with Crippen molar-refractivity contribution in [3.63, 3.8) is 0 Å². The van der Waals surface area contributed by atoms with Gasteiger partial charge in [0.1, 0.15) is 0 Å². The average molecular weight is 382 g/mol. The second-order valence-electron chi connectivity index (χ2n) is 5.34. The molecule has 1 nitrogen and oxygen atoms in total. The molecule has 3 aromatic rings. The van der Waals surface area contributed by atoms with Crippen molar-refractivity contribution in [1.82, 2.24) is 0 Å². The van der Waals surface area contributed by atoms with Gasteiger partial charge in [-0.15, -0.1) is 0 Å². The molecular weight excluding hydrogens is 370 g/mol. The van der Waals surface area contributed by atoms with E-state index in [0.29, 0.717) is 27.1 Å². The molecule has 0 saturated carbocycles. The zero-order valence-electron chi connectivity index (χ0n) is 12.8. The summed E-state index contributed by atoms with van der Waals surface area (Å²) in [5.41, 5.74) is 1.05. The van der Waals surface area contributed by atoms with Gasteiger partial charge in [0.25, 0.3) is 0 Å². The van der Waals surface area contributed by atoms with Crippen LogP contribution in [0.3, 0.4) is 0 Å². The van der Waals surface area contributed by atoms with E-state index in [2.05, 4.69) is 0 Å². The quantitative estimate of drug-likeness (QED) is 0.454. The minimum absolute atomic E-state index is 0.388. The first-order chi connectivity index (χ1) is 11.8. The number of benzene rings is 3. The van der Waals surface area contributed by atoms with E-state index in [0.717, 1.165) is 12.1 Å². The van der Waals surface area contributed by atoms with Crippen molar-refractivity contribution in [2.45, 2.75) is 6.18 Å². The van der Waals surface area contributed by atoms with E-state index < -0.39 is 11.7 Å². The van der Waals surface area contributed by atoms with Gasteiger partial charge >= 0.3 is 6.18 Å². The minimum Gasteiger partial charge on any atom is -0.310 e. The average Bonchev–Trinajstić information content (AvgIpc) is 2.58. The van der Waals surface area contributed by atoms with Crippen molar-refractivity contribution in [1.29, 1.82) is 0 Å². The Hall–Kier alpha value is -2.17. The third-order valence-corrected chi connectivity index (χ3v) is 4.11. The lowest BCUT2D eigenvalue weighted by atomic mass is 10.1. The smallest absolute Gasteiger partial charge is 0.310 e. The number of hydrogen-bond donors (Lipinski definition) is 0. The Morgan fingerprint density at radius 3 is 1.56 bits per heavy atom. The van der Waals surface area contributed by atoms with Gasteiger partial charge in [-0.3, -0.25) is 0 Å². The van der Waals surface area contributed by atoms with Crippen molar-refractivity contribution >= 4 is 40.3 Å². The summed E-state index contributed by atoms with van der Waals surface area (Å²) in [5, 5.41) is 1.09. The first-order valence-electron chi connectivity index (χ1n) is 7.33. The van der Waals surface area contributed by atoms with Crippen LogP contribution < -0.4 is 4.90 Å². The highest BCUT2D eigenvalue weighted by atomic mass is 35.5. The predicted octanol–water partition coefficient (Wildman–Crippen LogP) is 7.48. The number of anilines is 3. The van der Waals surface area contributed by atoms with Crippen LogP contribution in [0.1, 0.15) is 5.56 Å². The molecule has 0 unspecified atom stereocenters. The number of rotatable bonds is 3. The van der Waals surface area contributed by atoms with Crippen molar-refractivity contribution in [2.24, 2.45) is 0 Å².